The van der Waals surface area contributed by atoms with Crippen molar-refractivity contribution in [1.29, 1.82) is 0 Å². The zero-order valence-corrected chi connectivity index (χ0v) is 16.0. The molecule has 3 heterocycles. The van der Waals surface area contributed by atoms with Crippen LogP contribution in [0, 0.1) is 5.82 Å². The van der Waals surface area contributed by atoms with Crippen LogP contribution in [0.2, 0.25) is 0 Å². The largest absolute Gasteiger partial charge is 0.443 e. The Morgan fingerprint density at radius 1 is 1.32 bits per heavy atom. The van der Waals surface area contributed by atoms with E-state index in [1.165, 1.54) is 12.1 Å². The molecule has 0 N–H and O–H groups in total. The molecule has 0 bridgehead atoms. The molecule has 1 atom stereocenters. The monoisotopic (exact) mass is 385 g/mol. The third kappa shape index (κ3) is 3.53. The second-order valence-corrected chi connectivity index (χ2v) is 7.78. The molecule has 6 nitrogen and oxygen atoms in total. The quantitative estimate of drug-likeness (QED) is 0.794. The van der Waals surface area contributed by atoms with E-state index in [-0.39, 0.29) is 24.2 Å². The second-order valence-electron chi connectivity index (χ2n) is 7.78. The lowest BCUT2D eigenvalue weighted by Gasteiger charge is -2.33. The Morgan fingerprint density at radius 3 is 2.93 bits per heavy atom. The Kier molecular flexibility index (Phi) is 4.91. The van der Waals surface area contributed by atoms with E-state index < -0.39 is 5.54 Å². The highest BCUT2D eigenvalue weighted by atomic mass is 19.1. The standard InChI is InChI=1S/C21H24FN3O3/c1-21(8-4-10-25(21)19(27)14-24-9-3-7-18(24)26)20-23-13-17(28-20)12-15-5-2-6-16(22)11-15/h2,5-6,11,13H,3-4,7-10,12,14H2,1H3. The normalized spacial score (nSPS) is 22.3. The molecule has 28 heavy (non-hydrogen) atoms. The van der Waals surface area contributed by atoms with Crippen LogP contribution in [0.3, 0.4) is 0 Å². The van der Waals surface area contributed by atoms with E-state index in [0.717, 1.165) is 24.8 Å². The molecule has 0 radical (unpaired) electrons. The predicted molar refractivity (Wildman–Crippen MR) is 99.8 cm³/mol. The van der Waals surface area contributed by atoms with E-state index in [0.29, 0.717) is 37.6 Å². The summed E-state index contributed by atoms with van der Waals surface area (Å²) in [4.78, 5) is 32.6. The van der Waals surface area contributed by atoms with Crippen molar-refractivity contribution in [2.45, 2.75) is 44.6 Å². The molecular weight excluding hydrogens is 361 g/mol. The van der Waals surface area contributed by atoms with Crippen molar-refractivity contribution in [2.75, 3.05) is 19.6 Å². The molecule has 148 valence electrons. The van der Waals surface area contributed by atoms with Gasteiger partial charge in [0.25, 0.3) is 0 Å². The first kappa shape index (κ1) is 18.7. The summed E-state index contributed by atoms with van der Waals surface area (Å²) in [5.41, 5.74) is 0.180. The number of rotatable bonds is 5. The minimum atomic E-state index is -0.625. The average Bonchev–Trinajstić information content (AvgIpc) is 3.37. The number of aromatic nitrogens is 1. The van der Waals surface area contributed by atoms with E-state index >= 15 is 0 Å². The number of likely N-dealkylation sites (tertiary alicyclic amines) is 2. The highest BCUT2D eigenvalue weighted by Gasteiger charge is 2.45. The first-order valence-corrected chi connectivity index (χ1v) is 9.73. The summed E-state index contributed by atoms with van der Waals surface area (Å²) in [6.07, 6.45) is 5.04. The van der Waals surface area contributed by atoms with Crippen LogP contribution in [-0.4, -0.2) is 46.2 Å². The molecule has 1 unspecified atom stereocenters. The van der Waals surface area contributed by atoms with Gasteiger partial charge >= 0.3 is 0 Å². The lowest BCUT2D eigenvalue weighted by Crippen LogP contribution is -2.47. The molecule has 4 rings (SSSR count). The Morgan fingerprint density at radius 2 is 2.18 bits per heavy atom. The van der Waals surface area contributed by atoms with Gasteiger partial charge in [0.15, 0.2) is 0 Å². The molecule has 0 spiro atoms. The highest BCUT2D eigenvalue weighted by Crippen LogP contribution is 2.38. The Balaban J connectivity index is 1.49. The lowest BCUT2D eigenvalue weighted by atomic mass is 9.99. The zero-order valence-electron chi connectivity index (χ0n) is 16.0. The Bertz CT molecular complexity index is 897. The van der Waals surface area contributed by atoms with Crippen molar-refractivity contribution in [3.63, 3.8) is 0 Å². The predicted octanol–water partition coefficient (Wildman–Crippen LogP) is 2.86. The summed E-state index contributed by atoms with van der Waals surface area (Å²) in [7, 11) is 0. The number of halogens is 1. The van der Waals surface area contributed by atoms with E-state index in [2.05, 4.69) is 4.98 Å². The van der Waals surface area contributed by atoms with Crippen molar-refractivity contribution >= 4 is 11.8 Å². The van der Waals surface area contributed by atoms with E-state index in [4.69, 9.17) is 4.42 Å². The number of amides is 2. The van der Waals surface area contributed by atoms with Crippen LogP contribution >= 0.6 is 0 Å². The first-order valence-electron chi connectivity index (χ1n) is 9.73. The summed E-state index contributed by atoms with van der Waals surface area (Å²) in [5.74, 6) is 0.824. The summed E-state index contributed by atoms with van der Waals surface area (Å²) in [5, 5.41) is 0. The van der Waals surface area contributed by atoms with Gasteiger partial charge in [-0.2, -0.15) is 0 Å². The maximum Gasteiger partial charge on any atom is 0.243 e. The van der Waals surface area contributed by atoms with Crippen LogP contribution in [0.5, 0.6) is 0 Å². The van der Waals surface area contributed by atoms with Crippen molar-refractivity contribution in [3.05, 3.63) is 53.5 Å². The first-order chi connectivity index (χ1) is 13.5. The Labute approximate surface area is 163 Å². The van der Waals surface area contributed by atoms with Crippen LogP contribution in [0.15, 0.2) is 34.9 Å². The van der Waals surface area contributed by atoms with Gasteiger partial charge in [0.2, 0.25) is 17.7 Å². The number of nitrogens with zero attached hydrogens (tertiary/aromatic N) is 3. The van der Waals surface area contributed by atoms with Crippen molar-refractivity contribution in [2.24, 2.45) is 0 Å². The number of oxazole rings is 1. The van der Waals surface area contributed by atoms with Crippen LogP contribution in [0.4, 0.5) is 4.39 Å². The molecule has 2 saturated heterocycles. The SMILES string of the molecule is CC1(c2ncc(Cc3cccc(F)c3)o2)CCCN1C(=O)CN1CCCC1=O. The molecule has 0 saturated carbocycles. The van der Waals surface area contributed by atoms with Gasteiger partial charge in [0.05, 0.1) is 12.7 Å². The molecular formula is C21H24FN3O3. The van der Waals surface area contributed by atoms with Crippen molar-refractivity contribution in [3.8, 4) is 0 Å². The minimum absolute atomic E-state index is 0.0442. The fourth-order valence-corrected chi connectivity index (χ4v) is 4.19. The van der Waals surface area contributed by atoms with Crippen LogP contribution in [-0.2, 0) is 21.5 Å². The molecule has 2 fully saturated rings. The van der Waals surface area contributed by atoms with Gasteiger partial charge in [-0.25, -0.2) is 9.37 Å². The van der Waals surface area contributed by atoms with Gasteiger partial charge in [0.1, 0.15) is 17.1 Å². The van der Waals surface area contributed by atoms with Crippen LogP contribution in [0.25, 0.3) is 0 Å². The number of benzene rings is 1. The smallest absolute Gasteiger partial charge is 0.243 e. The van der Waals surface area contributed by atoms with Crippen molar-refractivity contribution < 1.29 is 18.4 Å². The molecule has 2 aliphatic rings. The van der Waals surface area contributed by atoms with Gasteiger partial charge in [0, 0.05) is 25.9 Å². The maximum absolute atomic E-state index is 13.4. The van der Waals surface area contributed by atoms with Gasteiger partial charge < -0.3 is 14.2 Å². The number of hydrogen-bond donors (Lipinski definition) is 0. The van der Waals surface area contributed by atoms with Crippen LogP contribution < -0.4 is 0 Å². The van der Waals surface area contributed by atoms with Gasteiger partial charge in [-0.05, 0) is 43.9 Å². The van der Waals surface area contributed by atoms with Gasteiger partial charge in [-0.15, -0.1) is 0 Å². The molecule has 0 aliphatic carbocycles. The number of carbonyl (C=O) groups is 2. The van der Waals surface area contributed by atoms with Gasteiger partial charge in [-0.3, -0.25) is 9.59 Å². The summed E-state index contributed by atoms with van der Waals surface area (Å²) in [6.45, 7) is 3.34. The lowest BCUT2D eigenvalue weighted by molar-refractivity contribution is -0.141. The zero-order chi connectivity index (χ0) is 19.7. The minimum Gasteiger partial charge on any atom is -0.443 e. The fraction of sp³-hybridized carbons (Fsp3) is 0.476. The highest BCUT2D eigenvalue weighted by molar-refractivity contribution is 5.86. The Hall–Kier alpha value is -2.70. The number of hydrogen-bond acceptors (Lipinski definition) is 4. The second kappa shape index (κ2) is 7.37. The summed E-state index contributed by atoms with van der Waals surface area (Å²) in [6, 6.07) is 6.39. The number of carbonyl (C=O) groups excluding carboxylic acids is 2. The summed E-state index contributed by atoms with van der Waals surface area (Å²) >= 11 is 0. The van der Waals surface area contributed by atoms with Crippen molar-refractivity contribution in [1.82, 2.24) is 14.8 Å². The maximum atomic E-state index is 13.4. The average molecular weight is 385 g/mol. The van der Waals surface area contributed by atoms with Gasteiger partial charge in [-0.1, -0.05) is 12.1 Å². The van der Waals surface area contributed by atoms with E-state index in [1.807, 2.05) is 13.0 Å². The third-order valence-corrected chi connectivity index (χ3v) is 5.72. The molecule has 7 heteroatoms. The topological polar surface area (TPSA) is 66.7 Å². The molecule has 2 aliphatic heterocycles. The van der Waals surface area contributed by atoms with E-state index in [9.17, 15) is 14.0 Å². The third-order valence-electron chi connectivity index (χ3n) is 5.72. The molecule has 1 aromatic carbocycles. The molecule has 1 aromatic heterocycles. The van der Waals surface area contributed by atoms with Crippen LogP contribution in [0.1, 0.15) is 49.8 Å². The molecule has 2 amide bonds. The summed E-state index contributed by atoms with van der Waals surface area (Å²) < 4.78 is 19.4. The van der Waals surface area contributed by atoms with E-state index in [1.54, 1.807) is 22.1 Å². The fourth-order valence-electron chi connectivity index (χ4n) is 4.19. The molecule has 2 aromatic rings.